The Balaban J connectivity index is 1.32. The minimum Gasteiger partial charge on any atom is -0.264 e. The zero-order valence-electron chi connectivity index (χ0n) is 19.6. The van der Waals surface area contributed by atoms with Crippen LogP contribution in [0.5, 0.6) is 0 Å². The summed E-state index contributed by atoms with van der Waals surface area (Å²) in [5, 5.41) is 2.64. The molecule has 6 rings (SSSR count). The van der Waals surface area contributed by atoms with Crippen LogP contribution < -0.4 is 0 Å². The maximum absolute atomic E-state index is 4.39. The van der Waals surface area contributed by atoms with Crippen molar-refractivity contribution in [3.8, 4) is 0 Å². The molecule has 0 radical (unpaired) electrons. The molecular formula is C30H39N. The average molecular weight is 414 g/mol. The number of hydrogen-bond donors (Lipinski definition) is 0. The van der Waals surface area contributed by atoms with Gasteiger partial charge < -0.3 is 0 Å². The predicted octanol–water partition coefficient (Wildman–Crippen LogP) is 8.45. The normalized spacial score (nSPS) is 39.9. The van der Waals surface area contributed by atoms with Crippen molar-refractivity contribution in [2.24, 2.45) is 28.6 Å². The van der Waals surface area contributed by atoms with Crippen LogP contribution in [-0.4, -0.2) is 4.98 Å². The van der Waals surface area contributed by atoms with Gasteiger partial charge >= 0.3 is 0 Å². The summed E-state index contributed by atoms with van der Waals surface area (Å²) in [7, 11) is 0. The molecule has 164 valence electrons. The van der Waals surface area contributed by atoms with Crippen molar-refractivity contribution in [3.05, 3.63) is 53.9 Å². The number of rotatable bonds is 2. The molecule has 0 bridgehead atoms. The summed E-state index contributed by atoms with van der Waals surface area (Å²) in [5.74, 6) is 3.42. The Kier molecular flexibility index (Phi) is 4.82. The molecule has 3 saturated carbocycles. The molecule has 2 aromatic rings. The van der Waals surface area contributed by atoms with Gasteiger partial charge in [0.05, 0.1) is 0 Å². The van der Waals surface area contributed by atoms with Gasteiger partial charge in [0.1, 0.15) is 0 Å². The molecule has 1 heteroatoms. The summed E-state index contributed by atoms with van der Waals surface area (Å²) in [6.07, 6.45) is 22.5. The first-order chi connectivity index (χ1) is 15.1. The van der Waals surface area contributed by atoms with Crippen molar-refractivity contribution in [2.75, 3.05) is 0 Å². The first kappa shape index (κ1) is 20.0. The zero-order chi connectivity index (χ0) is 21.1. The van der Waals surface area contributed by atoms with Crippen LogP contribution in [0.25, 0.3) is 10.8 Å². The third kappa shape index (κ3) is 3.05. The molecule has 4 aliphatic rings. The third-order valence-electron chi connectivity index (χ3n) is 10.6. The molecule has 0 N–H and O–H groups in total. The highest BCUT2D eigenvalue weighted by molar-refractivity contribution is 5.82. The second-order valence-corrected chi connectivity index (χ2v) is 11.7. The first-order valence-corrected chi connectivity index (χ1v) is 13.2. The fourth-order valence-corrected chi connectivity index (χ4v) is 8.84. The van der Waals surface area contributed by atoms with Crippen molar-refractivity contribution in [2.45, 2.75) is 90.4 Å². The lowest BCUT2D eigenvalue weighted by molar-refractivity contribution is 0.0391. The molecule has 1 aromatic heterocycles. The smallest absolute Gasteiger partial charge is 0.0346 e. The van der Waals surface area contributed by atoms with E-state index in [1.165, 1.54) is 81.4 Å². The van der Waals surface area contributed by atoms with E-state index in [1.807, 2.05) is 18.0 Å². The van der Waals surface area contributed by atoms with Crippen LogP contribution >= 0.6 is 0 Å². The van der Waals surface area contributed by atoms with Gasteiger partial charge in [0.25, 0.3) is 0 Å². The molecule has 4 aliphatic carbocycles. The van der Waals surface area contributed by atoms with Crippen LogP contribution in [0.1, 0.15) is 96.0 Å². The van der Waals surface area contributed by atoms with Crippen LogP contribution in [0, 0.1) is 28.6 Å². The van der Waals surface area contributed by atoms with Gasteiger partial charge in [0, 0.05) is 17.8 Å². The summed E-state index contributed by atoms with van der Waals surface area (Å²) in [6, 6.07) is 9.37. The van der Waals surface area contributed by atoms with E-state index in [4.69, 9.17) is 0 Å². The Bertz CT molecular complexity index is 1000. The van der Waals surface area contributed by atoms with Gasteiger partial charge in [-0.2, -0.15) is 0 Å². The topological polar surface area (TPSA) is 12.9 Å². The van der Waals surface area contributed by atoms with E-state index in [-0.39, 0.29) is 0 Å². The Labute approximate surface area is 188 Å². The highest BCUT2D eigenvalue weighted by Crippen LogP contribution is 2.65. The van der Waals surface area contributed by atoms with Gasteiger partial charge in [-0.05, 0) is 122 Å². The van der Waals surface area contributed by atoms with Gasteiger partial charge in [-0.1, -0.05) is 44.1 Å². The maximum Gasteiger partial charge on any atom is 0.0346 e. The SMILES string of the molecule is CC[C@]12CCCCC1=CC1CCC3(C)C(c4ccc5ccncc5c4)CCC3C1CC2. The van der Waals surface area contributed by atoms with Crippen LogP contribution in [0.15, 0.2) is 48.3 Å². The lowest BCUT2D eigenvalue weighted by Gasteiger charge is -2.48. The maximum atomic E-state index is 4.39. The van der Waals surface area contributed by atoms with Crippen molar-refractivity contribution >= 4 is 10.8 Å². The quantitative estimate of drug-likeness (QED) is 0.450. The molecule has 1 aromatic carbocycles. The van der Waals surface area contributed by atoms with Crippen LogP contribution in [-0.2, 0) is 0 Å². The third-order valence-corrected chi connectivity index (χ3v) is 10.6. The molecular weight excluding hydrogens is 374 g/mol. The second kappa shape index (κ2) is 7.46. The highest BCUT2D eigenvalue weighted by atomic mass is 14.6. The zero-order valence-corrected chi connectivity index (χ0v) is 19.6. The van der Waals surface area contributed by atoms with Gasteiger partial charge in [0.15, 0.2) is 0 Å². The second-order valence-electron chi connectivity index (χ2n) is 11.7. The van der Waals surface area contributed by atoms with E-state index in [2.05, 4.69) is 49.2 Å². The van der Waals surface area contributed by atoms with Crippen molar-refractivity contribution in [1.29, 1.82) is 0 Å². The van der Waals surface area contributed by atoms with E-state index >= 15 is 0 Å². The molecule has 6 atom stereocenters. The van der Waals surface area contributed by atoms with Gasteiger partial charge in [-0.3, -0.25) is 4.98 Å². The highest BCUT2D eigenvalue weighted by Gasteiger charge is 2.54. The Hall–Kier alpha value is -1.63. The number of nitrogens with zero attached hydrogens (tertiary/aromatic N) is 1. The first-order valence-electron chi connectivity index (χ1n) is 13.2. The van der Waals surface area contributed by atoms with Crippen LogP contribution in [0.2, 0.25) is 0 Å². The average Bonchev–Trinajstić information content (AvgIpc) is 3.06. The van der Waals surface area contributed by atoms with Crippen molar-refractivity contribution in [3.63, 3.8) is 0 Å². The summed E-state index contributed by atoms with van der Waals surface area (Å²) in [6.45, 7) is 5.14. The number of benzene rings is 1. The van der Waals surface area contributed by atoms with E-state index in [0.29, 0.717) is 10.8 Å². The van der Waals surface area contributed by atoms with E-state index in [9.17, 15) is 0 Å². The summed E-state index contributed by atoms with van der Waals surface area (Å²) in [5.41, 5.74) is 4.50. The summed E-state index contributed by atoms with van der Waals surface area (Å²) in [4.78, 5) is 4.39. The largest absolute Gasteiger partial charge is 0.264 e. The number of fused-ring (bicyclic) bond motifs is 5. The molecule has 31 heavy (non-hydrogen) atoms. The van der Waals surface area contributed by atoms with Crippen LogP contribution in [0.4, 0.5) is 0 Å². The fourth-order valence-electron chi connectivity index (χ4n) is 8.84. The standard InChI is InChI=1S/C30H39N/c1-3-30-14-5-4-6-25(30)19-22-11-15-29(2)27(9-10-28(29)26(22)12-16-30)23-8-7-21-13-17-31-20-24(21)18-23/h7-8,13,17-20,22,26-28H,3-6,9-12,14-16H2,1-2H3/t22?,26?,27?,28?,29?,30-/m1/s1. The molecule has 0 saturated heterocycles. The van der Waals surface area contributed by atoms with E-state index < -0.39 is 0 Å². The summed E-state index contributed by atoms with van der Waals surface area (Å²) >= 11 is 0. The van der Waals surface area contributed by atoms with Gasteiger partial charge in [-0.25, -0.2) is 0 Å². The van der Waals surface area contributed by atoms with Crippen LogP contribution in [0.3, 0.4) is 0 Å². The monoisotopic (exact) mass is 413 g/mol. The minimum atomic E-state index is 0.477. The molecule has 0 aliphatic heterocycles. The molecule has 3 fully saturated rings. The van der Waals surface area contributed by atoms with Crippen molar-refractivity contribution < 1.29 is 0 Å². The Morgan fingerprint density at radius 1 is 0.968 bits per heavy atom. The lowest BCUT2D eigenvalue weighted by Crippen LogP contribution is -2.40. The number of allylic oxidation sites excluding steroid dienone is 2. The van der Waals surface area contributed by atoms with Gasteiger partial charge in [-0.15, -0.1) is 0 Å². The fraction of sp³-hybridized carbons (Fsp3) is 0.633. The Morgan fingerprint density at radius 3 is 2.81 bits per heavy atom. The number of hydrogen-bond acceptors (Lipinski definition) is 1. The number of aromatic nitrogens is 1. The molecule has 0 amide bonds. The molecule has 0 spiro atoms. The van der Waals surface area contributed by atoms with Crippen molar-refractivity contribution in [1.82, 2.24) is 4.98 Å². The van der Waals surface area contributed by atoms with Gasteiger partial charge in [0.2, 0.25) is 0 Å². The Morgan fingerprint density at radius 2 is 1.90 bits per heavy atom. The molecule has 5 unspecified atom stereocenters. The molecule has 1 nitrogen and oxygen atoms in total. The summed E-state index contributed by atoms with van der Waals surface area (Å²) < 4.78 is 0. The van der Waals surface area contributed by atoms with E-state index in [1.54, 1.807) is 5.56 Å². The minimum absolute atomic E-state index is 0.477. The molecule has 1 heterocycles. The van der Waals surface area contributed by atoms with E-state index in [0.717, 1.165) is 23.7 Å². The number of pyridine rings is 1. The lowest BCUT2D eigenvalue weighted by atomic mass is 9.56. The predicted molar refractivity (Wildman–Crippen MR) is 130 cm³/mol.